The second-order valence-corrected chi connectivity index (χ2v) is 7.03. The second-order valence-electron chi connectivity index (χ2n) is 6.00. The van der Waals surface area contributed by atoms with Gasteiger partial charge in [0.15, 0.2) is 0 Å². The molecule has 1 fully saturated rings. The summed E-state index contributed by atoms with van der Waals surface area (Å²) in [7, 11) is 0. The summed E-state index contributed by atoms with van der Waals surface area (Å²) in [5, 5.41) is 2.06. The maximum atomic E-state index is 12.9. The van der Waals surface area contributed by atoms with E-state index < -0.39 is 0 Å². The molecular weight excluding hydrogens is 292 g/mol. The summed E-state index contributed by atoms with van der Waals surface area (Å²) in [4.78, 5) is 16.2. The highest BCUT2D eigenvalue weighted by Crippen LogP contribution is 2.32. The molecule has 1 aromatic carbocycles. The Morgan fingerprint density at radius 2 is 2.00 bits per heavy atom. The number of hydrogen-bond donors (Lipinski definition) is 1. The van der Waals surface area contributed by atoms with Crippen molar-refractivity contribution in [1.82, 2.24) is 4.90 Å². The van der Waals surface area contributed by atoms with Gasteiger partial charge in [0.25, 0.3) is 0 Å². The molecule has 1 heterocycles. The number of nitrogens with two attached hydrogens (primary N) is 1. The summed E-state index contributed by atoms with van der Waals surface area (Å²) in [5.74, 6) is -0.0322. The van der Waals surface area contributed by atoms with Crippen LogP contribution in [-0.2, 0) is 11.3 Å². The Labute approximate surface area is 135 Å². The lowest BCUT2D eigenvalue weighted by atomic mass is 9.94. The normalized spacial score (nSPS) is 17.0. The number of carbonyl (C=O) groups is 1. The SMILES string of the molecule is C[C@H](C(=O)N(Cc1cccs1)C1CC1)[C@H](N)c1ccccc1. The maximum Gasteiger partial charge on any atom is 0.227 e. The van der Waals surface area contributed by atoms with E-state index >= 15 is 0 Å². The third-order valence-electron chi connectivity index (χ3n) is 4.29. The van der Waals surface area contributed by atoms with Crippen LogP contribution in [0.4, 0.5) is 0 Å². The van der Waals surface area contributed by atoms with Crippen molar-refractivity contribution in [2.75, 3.05) is 0 Å². The molecule has 1 aliphatic rings. The summed E-state index contributed by atoms with van der Waals surface area (Å²) in [6.45, 7) is 2.66. The van der Waals surface area contributed by atoms with Gasteiger partial charge in [-0.15, -0.1) is 11.3 Å². The van der Waals surface area contributed by atoms with E-state index in [1.807, 2.05) is 48.2 Å². The Bertz CT molecular complexity index is 607. The van der Waals surface area contributed by atoms with Crippen molar-refractivity contribution in [1.29, 1.82) is 0 Å². The standard InChI is InChI=1S/C18H22N2OS/c1-13(17(19)14-6-3-2-4-7-14)18(21)20(15-9-10-15)12-16-8-5-11-22-16/h2-8,11,13,15,17H,9-10,12,19H2,1H3/t13-,17-/m0/s1. The molecule has 3 rings (SSSR count). The minimum Gasteiger partial charge on any atom is -0.334 e. The van der Waals surface area contributed by atoms with Gasteiger partial charge >= 0.3 is 0 Å². The van der Waals surface area contributed by atoms with E-state index in [0.717, 1.165) is 18.4 Å². The van der Waals surface area contributed by atoms with Crippen LogP contribution in [0.15, 0.2) is 47.8 Å². The fraction of sp³-hybridized carbons (Fsp3) is 0.389. The van der Waals surface area contributed by atoms with E-state index in [9.17, 15) is 4.79 Å². The first-order chi connectivity index (χ1) is 10.7. The number of carbonyl (C=O) groups excluding carboxylic acids is 1. The predicted molar refractivity (Wildman–Crippen MR) is 90.4 cm³/mol. The van der Waals surface area contributed by atoms with Gasteiger partial charge in [-0.3, -0.25) is 4.79 Å². The molecule has 2 N–H and O–H groups in total. The van der Waals surface area contributed by atoms with E-state index in [0.29, 0.717) is 12.6 Å². The molecule has 0 radical (unpaired) electrons. The van der Waals surface area contributed by atoms with Crippen molar-refractivity contribution >= 4 is 17.2 Å². The first kappa shape index (κ1) is 15.3. The lowest BCUT2D eigenvalue weighted by molar-refractivity contribution is -0.136. The van der Waals surface area contributed by atoms with E-state index in [1.165, 1.54) is 4.88 Å². The van der Waals surface area contributed by atoms with Crippen molar-refractivity contribution < 1.29 is 4.79 Å². The third kappa shape index (κ3) is 3.39. The Hall–Kier alpha value is -1.65. The molecule has 116 valence electrons. The average Bonchev–Trinajstić information content (AvgIpc) is 3.27. The molecule has 2 atom stereocenters. The first-order valence-corrected chi connectivity index (χ1v) is 8.68. The molecule has 4 heteroatoms. The fourth-order valence-electron chi connectivity index (χ4n) is 2.72. The Morgan fingerprint density at radius 1 is 1.27 bits per heavy atom. The van der Waals surface area contributed by atoms with Crippen molar-refractivity contribution in [3.63, 3.8) is 0 Å². The van der Waals surface area contributed by atoms with Crippen molar-refractivity contribution in [2.24, 2.45) is 11.7 Å². The van der Waals surface area contributed by atoms with Crippen LogP contribution < -0.4 is 5.73 Å². The zero-order chi connectivity index (χ0) is 15.5. The molecule has 1 saturated carbocycles. The number of rotatable bonds is 6. The van der Waals surface area contributed by atoms with E-state index in [1.54, 1.807) is 11.3 Å². The molecular formula is C18H22N2OS. The van der Waals surface area contributed by atoms with Crippen LogP contribution in [0.2, 0.25) is 0 Å². The van der Waals surface area contributed by atoms with E-state index in [2.05, 4.69) is 11.4 Å². The van der Waals surface area contributed by atoms with Gasteiger partial charge in [-0.1, -0.05) is 43.3 Å². The van der Waals surface area contributed by atoms with Crippen LogP contribution in [-0.4, -0.2) is 16.8 Å². The molecule has 1 amide bonds. The molecule has 0 spiro atoms. The van der Waals surface area contributed by atoms with Gasteiger partial charge < -0.3 is 10.6 Å². The number of nitrogens with zero attached hydrogens (tertiary/aromatic N) is 1. The average molecular weight is 314 g/mol. The van der Waals surface area contributed by atoms with Crippen LogP contribution in [0.5, 0.6) is 0 Å². The minimum atomic E-state index is -0.252. The van der Waals surface area contributed by atoms with Crippen molar-refractivity contribution in [3.8, 4) is 0 Å². The van der Waals surface area contributed by atoms with Crippen LogP contribution >= 0.6 is 11.3 Å². The smallest absolute Gasteiger partial charge is 0.227 e. The van der Waals surface area contributed by atoms with Crippen molar-refractivity contribution in [3.05, 3.63) is 58.3 Å². The Morgan fingerprint density at radius 3 is 2.59 bits per heavy atom. The van der Waals surface area contributed by atoms with Gasteiger partial charge in [0.2, 0.25) is 5.91 Å². The molecule has 1 aromatic heterocycles. The topological polar surface area (TPSA) is 46.3 Å². The molecule has 0 unspecified atom stereocenters. The number of amides is 1. The highest BCUT2D eigenvalue weighted by molar-refractivity contribution is 7.09. The summed E-state index contributed by atoms with van der Waals surface area (Å²) in [6, 6.07) is 14.2. The first-order valence-electron chi connectivity index (χ1n) is 7.80. The molecule has 22 heavy (non-hydrogen) atoms. The molecule has 0 saturated heterocycles. The lowest BCUT2D eigenvalue weighted by Crippen LogP contribution is -2.40. The summed E-state index contributed by atoms with van der Waals surface area (Å²) in [6.07, 6.45) is 2.23. The van der Waals surface area contributed by atoms with Crippen LogP contribution in [0.3, 0.4) is 0 Å². The van der Waals surface area contributed by atoms with Gasteiger partial charge in [-0.2, -0.15) is 0 Å². The monoisotopic (exact) mass is 314 g/mol. The minimum absolute atomic E-state index is 0.173. The number of thiophene rings is 1. The molecule has 2 aromatic rings. The highest BCUT2D eigenvalue weighted by atomic mass is 32.1. The molecule has 3 nitrogen and oxygen atoms in total. The quantitative estimate of drug-likeness (QED) is 0.886. The zero-order valence-corrected chi connectivity index (χ0v) is 13.6. The molecule has 1 aliphatic carbocycles. The van der Waals surface area contributed by atoms with Gasteiger partial charge in [-0.05, 0) is 29.9 Å². The second kappa shape index (κ2) is 6.63. The molecule has 0 bridgehead atoms. The fourth-order valence-corrected chi connectivity index (χ4v) is 3.43. The number of benzene rings is 1. The zero-order valence-electron chi connectivity index (χ0n) is 12.8. The summed E-state index contributed by atoms with van der Waals surface area (Å²) < 4.78 is 0. The number of hydrogen-bond acceptors (Lipinski definition) is 3. The van der Waals surface area contributed by atoms with E-state index in [-0.39, 0.29) is 17.9 Å². The van der Waals surface area contributed by atoms with Gasteiger partial charge in [-0.25, -0.2) is 0 Å². The Balaban J connectivity index is 1.72. The van der Waals surface area contributed by atoms with Crippen LogP contribution in [0, 0.1) is 5.92 Å². The third-order valence-corrected chi connectivity index (χ3v) is 5.15. The van der Waals surface area contributed by atoms with Gasteiger partial charge in [0.1, 0.15) is 0 Å². The molecule has 0 aliphatic heterocycles. The van der Waals surface area contributed by atoms with Crippen molar-refractivity contribution in [2.45, 2.75) is 38.4 Å². The van der Waals surface area contributed by atoms with Crippen LogP contribution in [0.25, 0.3) is 0 Å². The van der Waals surface area contributed by atoms with Gasteiger partial charge in [0, 0.05) is 17.0 Å². The largest absolute Gasteiger partial charge is 0.334 e. The lowest BCUT2D eigenvalue weighted by Gasteiger charge is -2.28. The van der Waals surface area contributed by atoms with E-state index in [4.69, 9.17) is 5.73 Å². The van der Waals surface area contributed by atoms with Crippen LogP contribution in [0.1, 0.15) is 36.2 Å². The maximum absolute atomic E-state index is 12.9. The van der Waals surface area contributed by atoms with Gasteiger partial charge in [0.05, 0.1) is 12.5 Å². The predicted octanol–water partition coefficient (Wildman–Crippen LogP) is 3.58. The summed E-state index contributed by atoms with van der Waals surface area (Å²) in [5.41, 5.74) is 7.35. The highest BCUT2D eigenvalue weighted by Gasteiger charge is 2.36. The Kier molecular flexibility index (Phi) is 4.60. The summed E-state index contributed by atoms with van der Waals surface area (Å²) >= 11 is 1.71.